The molecular weight excluding hydrogens is 246 g/mol. The molecule has 98 valence electrons. The molecule has 6 nitrogen and oxygen atoms in total. The van der Waals surface area contributed by atoms with Gasteiger partial charge in [-0.25, -0.2) is 0 Å². The number of aromatic nitrogens is 1. The minimum Gasteiger partial charge on any atom is -0.423 e. The van der Waals surface area contributed by atoms with E-state index in [0.717, 1.165) is 13.0 Å². The maximum absolute atomic E-state index is 11.4. The van der Waals surface area contributed by atoms with Crippen LogP contribution in [0.3, 0.4) is 0 Å². The maximum atomic E-state index is 11.4. The van der Waals surface area contributed by atoms with Gasteiger partial charge in [0.15, 0.2) is 5.58 Å². The van der Waals surface area contributed by atoms with E-state index < -0.39 is 5.91 Å². The molecule has 0 saturated carbocycles. The van der Waals surface area contributed by atoms with E-state index >= 15 is 0 Å². The number of oxazole rings is 1. The van der Waals surface area contributed by atoms with Crippen molar-refractivity contribution in [3.8, 4) is 0 Å². The fourth-order valence-corrected chi connectivity index (χ4v) is 2.73. The molecule has 19 heavy (non-hydrogen) atoms. The molecular formula is C13H13N3O3. The number of rotatable bonds is 2. The van der Waals surface area contributed by atoms with Gasteiger partial charge in [0, 0.05) is 6.54 Å². The highest BCUT2D eigenvalue weighted by Crippen LogP contribution is 2.41. The molecule has 0 unspecified atom stereocenters. The van der Waals surface area contributed by atoms with Gasteiger partial charge < -0.3 is 19.8 Å². The number of carbonyl (C=O) groups is 1. The summed E-state index contributed by atoms with van der Waals surface area (Å²) in [5, 5.41) is 0. The lowest BCUT2D eigenvalue weighted by atomic mass is 9.83. The number of nitrogens with two attached hydrogens (primary N) is 1. The van der Waals surface area contributed by atoms with Gasteiger partial charge in [0.25, 0.3) is 11.9 Å². The lowest BCUT2D eigenvalue weighted by Gasteiger charge is -2.56. The Bertz CT molecular complexity index is 669. The standard InChI is InChI=1S/C13H13N3O3/c14-11(17)8-2-1-3-9-10(8)15-12(19-9)16-5-4-13(16)6-18-7-13/h1-3H,4-7H2,(H2,14,17). The third-order valence-electron chi connectivity index (χ3n) is 4.02. The van der Waals surface area contributed by atoms with Gasteiger partial charge in [-0.3, -0.25) is 4.79 Å². The number of ether oxygens (including phenoxy) is 1. The van der Waals surface area contributed by atoms with Crippen molar-refractivity contribution in [1.82, 2.24) is 4.98 Å². The molecule has 1 aromatic carbocycles. The average Bonchev–Trinajstić information content (AvgIpc) is 2.67. The lowest BCUT2D eigenvalue weighted by molar-refractivity contribution is -0.0870. The normalized spacial score (nSPS) is 20.3. The van der Waals surface area contributed by atoms with Gasteiger partial charge in [-0.1, -0.05) is 6.07 Å². The first kappa shape index (κ1) is 10.8. The molecule has 0 radical (unpaired) electrons. The Hall–Kier alpha value is -2.08. The van der Waals surface area contributed by atoms with Gasteiger partial charge in [-0.05, 0) is 18.6 Å². The van der Waals surface area contributed by atoms with Crippen LogP contribution < -0.4 is 10.6 Å². The number of primary amides is 1. The zero-order valence-electron chi connectivity index (χ0n) is 10.3. The highest BCUT2D eigenvalue weighted by molar-refractivity contribution is 6.03. The van der Waals surface area contributed by atoms with Crippen molar-refractivity contribution in [2.45, 2.75) is 12.0 Å². The minimum absolute atomic E-state index is 0.0633. The first-order chi connectivity index (χ1) is 9.20. The van der Waals surface area contributed by atoms with E-state index in [1.165, 1.54) is 0 Å². The van der Waals surface area contributed by atoms with Gasteiger partial charge >= 0.3 is 0 Å². The first-order valence-corrected chi connectivity index (χ1v) is 6.24. The summed E-state index contributed by atoms with van der Waals surface area (Å²) in [6.45, 7) is 2.34. The van der Waals surface area contributed by atoms with Gasteiger partial charge in [0.2, 0.25) is 0 Å². The van der Waals surface area contributed by atoms with Crippen LogP contribution in [0.5, 0.6) is 0 Å². The van der Waals surface area contributed by atoms with Crippen molar-refractivity contribution < 1.29 is 13.9 Å². The molecule has 2 fully saturated rings. The van der Waals surface area contributed by atoms with Crippen molar-refractivity contribution in [2.75, 3.05) is 24.7 Å². The quantitative estimate of drug-likeness (QED) is 0.866. The van der Waals surface area contributed by atoms with Crippen LogP contribution in [0.25, 0.3) is 11.1 Å². The summed E-state index contributed by atoms with van der Waals surface area (Å²) in [5.74, 6) is -0.490. The monoisotopic (exact) mass is 259 g/mol. The molecule has 6 heteroatoms. The van der Waals surface area contributed by atoms with E-state index in [1.807, 2.05) is 0 Å². The summed E-state index contributed by atoms with van der Waals surface area (Å²) >= 11 is 0. The molecule has 0 aliphatic carbocycles. The zero-order valence-corrected chi connectivity index (χ0v) is 10.3. The predicted octanol–water partition coefficient (Wildman–Crippen LogP) is 0.906. The van der Waals surface area contributed by atoms with Crippen molar-refractivity contribution in [1.29, 1.82) is 0 Å². The van der Waals surface area contributed by atoms with Gasteiger partial charge in [0.05, 0.1) is 24.3 Å². The number of anilines is 1. The second kappa shape index (κ2) is 3.48. The van der Waals surface area contributed by atoms with E-state index in [9.17, 15) is 4.79 Å². The van der Waals surface area contributed by atoms with Crippen LogP contribution in [0.2, 0.25) is 0 Å². The summed E-state index contributed by atoms with van der Waals surface area (Å²) in [5.41, 5.74) is 6.93. The first-order valence-electron chi connectivity index (χ1n) is 6.24. The highest BCUT2D eigenvalue weighted by Gasteiger charge is 2.52. The highest BCUT2D eigenvalue weighted by atomic mass is 16.5. The topological polar surface area (TPSA) is 81.6 Å². The Labute approximate surface area is 109 Å². The number of carbonyl (C=O) groups excluding carboxylic acids is 1. The molecule has 4 rings (SSSR count). The van der Waals surface area contributed by atoms with Crippen molar-refractivity contribution in [3.05, 3.63) is 23.8 Å². The van der Waals surface area contributed by atoms with Crippen molar-refractivity contribution >= 4 is 23.0 Å². The predicted molar refractivity (Wildman–Crippen MR) is 68.0 cm³/mol. The van der Waals surface area contributed by atoms with Gasteiger partial charge in [0.1, 0.15) is 5.52 Å². The van der Waals surface area contributed by atoms with Crippen LogP contribution in [0.4, 0.5) is 6.01 Å². The molecule has 0 bridgehead atoms. The smallest absolute Gasteiger partial charge is 0.299 e. The SMILES string of the molecule is NC(=O)c1cccc2oc(N3CCC34COC4)nc12. The van der Waals surface area contributed by atoms with Crippen LogP contribution in [0, 0.1) is 0 Å². The summed E-state index contributed by atoms with van der Waals surface area (Å²) in [4.78, 5) is 17.9. The third kappa shape index (κ3) is 1.34. The second-order valence-electron chi connectivity index (χ2n) is 5.13. The average molecular weight is 259 g/mol. The number of nitrogens with zero attached hydrogens (tertiary/aromatic N) is 2. The Kier molecular flexibility index (Phi) is 1.98. The number of hydrogen-bond acceptors (Lipinski definition) is 5. The number of fused-ring (bicyclic) bond motifs is 1. The van der Waals surface area contributed by atoms with Gasteiger partial charge in [-0.2, -0.15) is 4.98 Å². The number of para-hydroxylation sites is 1. The summed E-state index contributed by atoms with van der Waals surface area (Å²) < 4.78 is 11.0. The van der Waals surface area contributed by atoms with E-state index in [0.29, 0.717) is 35.9 Å². The molecule has 2 N–H and O–H groups in total. The molecule has 3 heterocycles. The maximum Gasteiger partial charge on any atom is 0.299 e. The van der Waals surface area contributed by atoms with E-state index in [-0.39, 0.29) is 5.54 Å². The summed E-state index contributed by atoms with van der Waals surface area (Å²) in [6.07, 6.45) is 1.09. The molecule has 2 aromatic rings. The Morgan fingerprint density at radius 1 is 1.42 bits per heavy atom. The Morgan fingerprint density at radius 2 is 2.26 bits per heavy atom. The molecule has 2 aliphatic rings. The molecule has 0 atom stereocenters. The minimum atomic E-state index is -0.490. The van der Waals surface area contributed by atoms with Crippen LogP contribution in [-0.2, 0) is 4.74 Å². The largest absolute Gasteiger partial charge is 0.423 e. The fraction of sp³-hybridized carbons (Fsp3) is 0.385. The fourth-order valence-electron chi connectivity index (χ4n) is 2.73. The van der Waals surface area contributed by atoms with Crippen LogP contribution in [-0.4, -0.2) is 36.2 Å². The lowest BCUT2D eigenvalue weighted by Crippen LogP contribution is -2.71. The van der Waals surface area contributed by atoms with E-state index in [1.54, 1.807) is 18.2 Å². The Morgan fingerprint density at radius 3 is 2.84 bits per heavy atom. The summed E-state index contributed by atoms with van der Waals surface area (Å²) in [7, 11) is 0. The van der Waals surface area contributed by atoms with Crippen molar-refractivity contribution in [3.63, 3.8) is 0 Å². The molecule has 1 aromatic heterocycles. The molecule has 1 spiro atoms. The Balaban J connectivity index is 1.80. The second-order valence-corrected chi connectivity index (χ2v) is 5.13. The van der Waals surface area contributed by atoms with Crippen LogP contribution in [0.15, 0.2) is 22.6 Å². The molecule has 2 aliphatic heterocycles. The number of hydrogen-bond donors (Lipinski definition) is 1. The molecule has 1 amide bonds. The van der Waals surface area contributed by atoms with Crippen LogP contribution >= 0.6 is 0 Å². The summed E-state index contributed by atoms with van der Waals surface area (Å²) in [6, 6.07) is 5.76. The van der Waals surface area contributed by atoms with E-state index in [4.69, 9.17) is 14.9 Å². The van der Waals surface area contributed by atoms with Crippen molar-refractivity contribution in [2.24, 2.45) is 5.73 Å². The zero-order chi connectivity index (χ0) is 13.0. The third-order valence-corrected chi connectivity index (χ3v) is 4.02. The molecule has 2 saturated heterocycles. The van der Waals surface area contributed by atoms with Gasteiger partial charge in [-0.15, -0.1) is 0 Å². The number of benzene rings is 1. The van der Waals surface area contributed by atoms with E-state index in [2.05, 4.69) is 9.88 Å². The number of amides is 1. The van der Waals surface area contributed by atoms with Crippen LogP contribution in [0.1, 0.15) is 16.8 Å².